The van der Waals surface area contributed by atoms with Crippen LogP contribution in [0.25, 0.3) is 65.6 Å². The average Bonchev–Trinajstić information content (AvgIpc) is 3.65. The monoisotopic (exact) mass is 640 g/mol. The molecule has 0 fully saturated rings. The Morgan fingerprint density at radius 1 is 0.542 bits per heavy atom. The van der Waals surface area contributed by atoms with Crippen molar-refractivity contribution >= 4 is 11.4 Å². The first kappa shape index (κ1) is 30.1. The van der Waals surface area contributed by atoms with E-state index in [-0.39, 0.29) is 40.6 Å². The Morgan fingerprint density at radius 3 is 1.27 bits per heavy atom. The molecular formula is C38H14F6N4. The minimum Gasteiger partial charge on any atom is -0.226 e. The van der Waals surface area contributed by atoms with Crippen LogP contribution < -0.4 is 10.4 Å². The summed E-state index contributed by atoms with van der Waals surface area (Å²) < 4.78 is 83.7. The fourth-order valence-electron chi connectivity index (χ4n) is 6.76. The molecule has 0 radical (unpaired) electrons. The number of nitrogens with zero attached hydrogens (tertiary/aromatic N) is 4. The van der Waals surface area contributed by atoms with Crippen LogP contribution >= 0.6 is 0 Å². The lowest BCUT2D eigenvalue weighted by Crippen LogP contribution is -2.25. The summed E-state index contributed by atoms with van der Waals surface area (Å²) >= 11 is 0. The van der Waals surface area contributed by atoms with E-state index in [1.54, 1.807) is 36.4 Å². The first-order valence-corrected chi connectivity index (χ1v) is 14.2. The van der Waals surface area contributed by atoms with Crippen LogP contribution in [0.15, 0.2) is 60.7 Å². The zero-order valence-electron chi connectivity index (χ0n) is 24.2. The zero-order valence-corrected chi connectivity index (χ0v) is 24.2. The van der Waals surface area contributed by atoms with Crippen molar-refractivity contribution in [3.63, 3.8) is 0 Å². The molecule has 0 aromatic heterocycles. The molecular weight excluding hydrogens is 626 g/mol. The summed E-state index contributed by atoms with van der Waals surface area (Å²) in [6.45, 7) is 15.7. The van der Waals surface area contributed by atoms with E-state index in [1.165, 1.54) is 0 Å². The maximum absolute atomic E-state index is 14.1. The van der Waals surface area contributed by atoms with E-state index >= 15 is 0 Å². The van der Waals surface area contributed by atoms with Crippen molar-refractivity contribution in [2.75, 3.05) is 0 Å². The quantitative estimate of drug-likeness (QED) is 0.109. The highest BCUT2D eigenvalue weighted by Gasteiger charge is 2.32. The predicted molar refractivity (Wildman–Crippen MR) is 164 cm³/mol. The molecule has 48 heavy (non-hydrogen) atoms. The van der Waals surface area contributed by atoms with E-state index in [0.29, 0.717) is 60.9 Å². The first-order valence-electron chi connectivity index (χ1n) is 14.2. The van der Waals surface area contributed by atoms with E-state index in [9.17, 15) is 36.9 Å². The van der Waals surface area contributed by atoms with Gasteiger partial charge in [-0.05, 0) is 109 Å². The van der Waals surface area contributed by atoms with Gasteiger partial charge < -0.3 is 0 Å². The standard InChI is InChI=1S/C38H14F6N4/c1-47-31(15-45)33-25-9-21-7-17(19-11-27(39)37(43)28(40)12-19)3-5-23(21)34(25)36(32(16-46)48-2)35-24-6-4-18(8-22(24)10-26(33)35)20-13-29(41)38(44)30(42)14-20/h3-8,11-14H,9-10H2. The van der Waals surface area contributed by atoms with Crippen LogP contribution in [-0.4, -0.2) is 0 Å². The minimum atomic E-state index is -1.60. The normalized spacial score (nSPS) is 11.7. The van der Waals surface area contributed by atoms with Crippen LogP contribution in [-0.2, 0) is 12.8 Å². The molecule has 0 amide bonds. The second-order valence-electron chi connectivity index (χ2n) is 11.2. The average molecular weight is 641 g/mol. The van der Waals surface area contributed by atoms with E-state index in [1.807, 2.05) is 12.1 Å². The molecule has 10 heteroatoms. The number of fused-ring (bicyclic) bond motifs is 6. The fraction of sp³-hybridized carbons (Fsp3) is 0.0526. The van der Waals surface area contributed by atoms with Gasteiger partial charge in [0.1, 0.15) is 0 Å². The highest BCUT2D eigenvalue weighted by Crippen LogP contribution is 2.43. The van der Waals surface area contributed by atoms with Crippen molar-refractivity contribution < 1.29 is 26.3 Å². The van der Waals surface area contributed by atoms with Gasteiger partial charge in [-0.2, -0.15) is 0 Å². The smallest absolute Gasteiger partial charge is 0.226 e. The SMILES string of the molecule is [C-]#[N+]C(C#N)=c1c2c(c(=C(C#N)[N+]#[C-])c3c1Cc1cc(-c4cc(F)c(F)c(F)c4)ccc1-3)-c1ccc(-c3cc(F)c(F)c(F)c3)cc1C2. The first-order chi connectivity index (χ1) is 23.1. The Hall–Kier alpha value is -6.62. The van der Waals surface area contributed by atoms with Gasteiger partial charge in [0.05, 0.1) is 25.3 Å². The topological polar surface area (TPSA) is 56.3 Å². The molecule has 0 spiro atoms. The van der Waals surface area contributed by atoms with Crippen LogP contribution in [0.4, 0.5) is 26.3 Å². The van der Waals surface area contributed by atoms with Gasteiger partial charge >= 0.3 is 0 Å². The number of nitriles is 2. The molecule has 5 aromatic rings. The molecule has 4 nitrogen and oxygen atoms in total. The maximum atomic E-state index is 14.1. The summed E-state index contributed by atoms with van der Waals surface area (Å²) in [6.07, 6.45) is 0.265. The van der Waals surface area contributed by atoms with Crippen molar-refractivity contribution in [1.82, 2.24) is 0 Å². The Bertz CT molecular complexity index is 2410. The highest BCUT2D eigenvalue weighted by atomic mass is 19.2. The van der Waals surface area contributed by atoms with Crippen LogP contribution in [0.2, 0.25) is 0 Å². The van der Waals surface area contributed by atoms with E-state index < -0.39 is 34.9 Å². The summed E-state index contributed by atoms with van der Waals surface area (Å²) in [6, 6.07) is 17.1. The number of benzene rings is 5. The second kappa shape index (κ2) is 11.0. The van der Waals surface area contributed by atoms with Crippen LogP contribution in [0.1, 0.15) is 22.3 Å². The van der Waals surface area contributed by atoms with Gasteiger partial charge in [0.25, 0.3) is 11.4 Å². The van der Waals surface area contributed by atoms with Crippen molar-refractivity contribution in [1.29, 1.82) is 10.5 Å². The molecule has 7 rings (SSSR count). The summed E-state index contributed by atoms with van der Waals surface area (Å²) in [5.74, 6) is -8.64. The summed E-state index contributed by atoms with van der Waals surface area (Å²) in [4.78, 5) is 7.01. The number of hydrogen-bond donors (Lipinski definition) is 0. The van der Waals surface area contributed by atoms with Gasteiger partial charge in [-0.3, -0.25) is 0 Å². The molecule has 5 aromatic carbocycles. The van der Waals surface area contributed by atoms with Crippen molar-refractivity contribution in [3.8, 4) is 56.6 Å². The van der Waals surface area contributed by atoms with Gasteiger partial charge in [-0.25, -0.2) is 46.6 Å². The molecule has 0 N–H and O–H groups in total. The highest BCUT2D eigenvalue weighted by molar-refractivity contribution is 5.94. The Labute approximate surface area is 268 Å². The lowest BCUT2D eigenvalue weighted by atomic mass is 9.90. The molecule has 0 saturated heterocycles. The summed E-state index contributed by atoms with van der Waals surface area (Å²) in [5, 5.41) is 20.8. The van der Waals surface area contributed by atoms with Crippen LogP contribution in [0.5, 0.6) is 0 Å². The predicted octanol–water partition coefficient (Wildman–Crippen LogP) is 8.10. The zero-order chi connectivity index (χ0) is 34.0. The molecule has 0 unspecified atom stereocenters. The molecule has 0 saturated carbocycles. The van der Waals surface area contributed by atoms with Gasteiger partial charge in [-0.15, -0.1) is 0 Å². The molecule has 0 heterocycles. The lowest BCUT2D eigenvalue weighted by molar-refractivity contribution is 0.447. The van der Waals surface area contributed by atoms with Gasteiger partial charge in [0, 0.05) is 5.22 Å². The molecule has 228 valence electrons. The lowest BCUT2D eigenvalue weighted by Gasteiger charge is -2.13. The third-order valence-electron chi connectivity index (χ3n) is 8.73. The summed E-state index contributed by atoms with van der Waals surface area (Å²) in [5.41, 5.74) is 4.69. The fourth-order valence-corrected chi connectivity index (χ4v) is 6.76. The van der Waals surface area contributed by atoms with Gasteiger partial charge in [0.15, 0.2) is 34.9 Å². The van der Waals surface area contributed by atoms with Crippen LogP contribution in [0.3, 0.4) is 0 Å². The van der Waals surface area contributed by atoms with E-state index in [2.05, 4.69) is 9.69 Å². The molecule has 2 aliphatic carbocycles. The third kappa shape index (κ3) is 4.36. The number of halogens is 6. The largest absolute Gasteiger partial charge is 0.270 e. The van der Waals surface area contributed by atoms with Crippen LogP contribution in [0, 0.1) is 70.7 Å². The molecule has 0 bridgehead atoms. The second-order valence-corrected chi connectivity index (χ2v) is 11.2. The Morgan fingerprint density at radius 2 is 0.917 bits per heavy atom. The van der Waals surface area contributed by atoms with Crippen molar-refractivity contribution in [2.45, 2.75) is 12.8 Å². The van der Waals surface area contributed by atoms with Crippen molar-refractivity contribution in [3.05, 3.63) is 151 Å². The van der Waals surface area contributed by atoms with E-state index in [4.69, 9.17) is 13.1 Å². The van der Waals surface area contributed by atoms with E-state index in [0.717, 1.165) is 24.3 Å². The molecule has 0 atom stereocenters. The maximum Gasteiger partial charge on any atom is 0.270 e. The molecule has 0 aliphatic heterocycles. The minimum absolute atomic E-state index is 0.0783. The number of rotatable bonds is 2. The van der Waals surface area contributed by atoms with Gasteiger partial charge in [0.2, 0.25) is 0 Å². The number of hydrogen-bond acceptors (Lipinski definition) is 2. The Kier molecular flexibility index (Phi) is 6.90. The van der Waals surface area contributed by atoms with Crippen molar-refractivity contribution in [2.24, 2.45) is 0 Å². The Balaban J connectivity index is 1.53. The third-order valence-corrected chi connectivity index (χ3v) is 8.73. The van der Waals surface area contributed by atoms with Gasteiger partial charge in [-0.1, -0.05) is 36.4 Å². The molecule has 2 aliphatic rings. The summed E-state index contributed by atoms with van der Waals surface area (Å²) in [7, 11) is 0.